The fraction of sp³-hybridized carbons (Fsp3) is 0.214. The molecule has 3 N–H and O–H groups in total. The highest BCUT2D eigenvalue weighted by Gasteiger charge is 2.13. The van der Waals surface area contributed by atoms with Crippen LogP contribution in [-0.4, -0.2) is 32.5 Å². The van der Waals surface area contributed by atoms with Gasteiger partial charge in [0.25, 0.3) is 5.56 Å². The number of aromatic nitrogens is 3. The molecule has 1 aromatic heterocycles. The molecule has 9 nitrogen and oxygen atoms in total. The van der Waals surface area contributed by atoms with Crippen molar-refractivity contribution in [2.45, 2.75) is 18.0 Å². The van der Waals surface area contributed by atoms with Crippen LogP contribution in [0, 0.1) is 0 Å². The number of nitrogens with one attached hydrogen (secondary N) is 1. The Kier molecular flexibility index (Phi) is 6.37. The minimum atomic E-state index is -1.31. The van der Waals surface area contributed by atoms with Crippen molar-refractivity contribution >= 4 is 40.9 Å². The van der Waals surface area contributed by atoms with Gasteiger partial charge in [0.1, 0.15) is 5.69 Å². The van der Waals surface area contributed by atoms with Gasteiger partial charge in [0, 0.05) is 12.4 Å². The number of carboxylic acid groups (broad SMARTS) is 1. The Balaban J connectivity index is 2.00. The smallest absolute Gasteiger partial charge is 0.294 e. The first-order valence-corrected chi connectivity index (χ1v) is 8.35. The molecule has 1 aromatic carbocycles. The maximum absolute atomic E-state index is 12.0. The standard InChI is InChI=1S/C14H14ClN5O4S/c15-8-3-1-2-4-9(8)17-11(21)7-25-14-19-18-10(5-6-12(22)23)13(24)20(14)16/h1-4H,5-7,16H2,(H,17,21)(H,22,23)/p-1. The summed E-state index contributed by atoms with van der Waals surface area (Å²) < 4.78 is 0.727. The van der Waals surface area contributed by atoms with E-state index in [1.807, 2.05) is 0 Å². The molecule has 0 saturated heterocycles. The summed E-state index contributed by atoms with van der Waals surface area (Å²) in [7, 11) is 0. The lowest BCUT2D eigenvalue weighted by molar-refractivity contribution is -0.305. The molecule has 0 aliphatic heterocycles. The molecule has 1 heterocycles. The van der Waals surface area contributed by atoms with E-state index in [1.54, 1.807) is 24.3 Å². The number of aliphatic carboxylic acids is 1. The van der Waals surface area contributed by atoms with Gasteiger partial charge in [-0.3, -0.25) is 9.59 Å². The molecular weight excluding hydrogens is 370 g/mol. The fourth-order valence-electron chi connectivity index (χ4n) is 1.77. The van der Waals surface area contributed by atoms with Crippen molar-refractivity contribution in [3.05, 3.63) is 45.3 Å². The SMILES string of the molecule is Nn1c(SCC(=O)Nc2ccccc2Cl)nnc(CCC(=O)[O-])c1=O. The van der Waals surface area contributed by atoms with Crippen molar-refractivity contribution in [3.8, 4) is 0 Å². The van der Waals surface area contributed by atoms with Gasteiger partial charge in [-0.25, -0.2) is 0 Å². The molecule has 11 heteroatoms. The lowest BCUT2D eigenvalue weighted by Gasteiger charge is -2.09. The highest BCUT2D eigenvalue weighted by molar-refractivity contribution is 7.99. The van der Waals surface area contributed by atoms with E-state index in [1.165, 1.54) is 0 Å². The number of nitrogens with two attached hydrogens (primary N) is 1. The normalized spacial score (nSPS) is 10.4. The quantitative estimate of drug-likeness (QED) is 0.478. The van der Waals surface area contributed by atoms with Crippen LogP contribution in [0.1, 0.15) is 12.1 Å². The van der Waals surface area contributed by atoms with E-state index in [9.17, 15) is 19.5 Å². The number of anilines is 1. The third-order valence-electron chi connectivity index (χ3n) is 2.97. The summed E-state index contributed by atoms with van der Waals surface area (Å²) in [5.41, 5.74) is -0.301. The summed E-state index contributed by atoms with van der Waals surface area (Å²) >= 11 is 6.85. The van der Waals surface area contributed by atoms with E-state index in [0.29, 0.717) is 10.7 Å². The average Bonchev–Trinajstić information content (AvgIpc) is 2.57. The predicted octanol–water partition coefficient (Wildman–Crippen LogP) is -0.581. The first-order valence-electron chi connectivity index (χ1n) is 6.99. The number of hydrogen-bond donors (Lipinski definition) is 2. The second-order valence-electron chi connectivity index (χ2n) is 4.79. The zero-order chi connectivity index (χ0) is 18.4. The van der Waals surface area contributed by atoms with Crippen molar-refractivity contribution in [1.82, 2.24) is 14.9 Å². The summed E-state index contributed by atoms with van der Waals surface area (Å²) in [6.07, 6.45) is -0.500. The van der Waals surface area contributed by atoms with Gasteiger partial charge in [0.05, 0.1) is 16.5 Å². The van der Waals surface area contributed by atoms with Crippen molar-refractivity contribution in [3.63, 3.8) is 0 Å². The molecule has 0 saturated carbocycles. The summed E-state index contributed by atoms with van der Waals surface area (Å²) in [6, 6.07) is 6.74. The zero-order valence-corrected chi connectivity index (χ0v) is 14.3. The number of amides is 1. The Labute approximate surface area is 151 Å². The van der Waals surface area contributed by atoms with Gasteiger partial charge in [-0.2, -0.15) is 4.68 Å². The molecule has 0 aliphatic rings. The van der Waals surface area contributed by atoms with Crippen LogP contribution in [0.4, 0.5) is 5.69 Å². The number of carboxylic acids is 1. The van der Waals surface area contributed by atoms with Crippen molar-refractivity contribution < 1.29 is 14.7 Å². The number of nitrogen functional groups attached to an aromatic ring is 1. The second kappa shape index (κ2) is 8.49. The Hall–Kier alpha value is -2.59. The molecule has 0 unspecified atom stereocenters. The maximum Gasteiger partial charge on any atom is 0.294 e. The molecule has 132 valence electrons. The summed E-state index contributed by atoms with van der Waals surface area (Å²) in [5, 5.41) is 20.9. The number of thioether (sulfide) groups is 1. The molecule has 2 aromatic rings. The highest BCUT2D eigenvalue weighted by Crippen LogP contribution is 2.21. The maximum atomic E-state index is 12.0. The van der Waals surface area contributed by atoms with Gasteiger partial charge in [-0.1, -0.05) is 35.5 Å². The van der Waals surface area contributed by atoms with E-state index in [2.05, 4.69) is 15.5 Å². The third-order valence-corrected chi connectivity index (χ3v) is 4.25. The van der Waals surface area contributed by atoms with Crippen molar-refractivity contribution in [2.75, 3.05) is 16.9 Å². The number of para-hydroxylation sites is 1. The summed E-state index contributed by atoms with van der Waals surface area (Å²) in [4.78, 5) is 34.3. The number of halogens is 1. The van der Waals surface area contributed by atoms with E-state index in [0.717, 1.165) is 16.4 Å². The predicted molar refractivity (Wildman–Crippen MR) is 90.6 cm³/mol. The van der Waals surface area contributed by atoms with Crippen LogP contribution in [0.3, 0.4) is 0 Å². The van der Waals surface area contributed by atoms with Gasteiger partial charge in [0.15, 0.2) is 0 Å². The zero-order valence-electron chi connectivity index (χ0n) is 12.8. The van der Waals surface area contributed by atoms with Crippen LogP contribution in [0.2, 0.25) is 5.02 Å². The number of hydrogen-bond acceptors (Lipinski definition) is 8. The number of benzene rings is 1. The molecule has 1 amide bonds. The van der Waals surface area contributed by atoms with Gasteiger partial charge >= 0.3 is 0 Å². The van der Waals surface area contributed by atoms with E-state index in [4.69, 9.17) is 17.4 Å². The van der Waals surface area contributed by atoms with E-state index >= 15 is 0 Å². The molecule has 2 rings (SSSR count). The van der Waals surface area contributed by atoms with Crippen LogP contribution in [0.25, 0.3) is 0 Å². The Morgan fingerprint density at radius 2 is 2.04 bits per heavy atom. The van der Waals surface area contributed by atoms with Crippen molar-refractivity contribution in [1.29, 1.82) is 0 Å². The van der Waals surface area contributed by atoms with Crippen LogP contribution in [0.15, 0.2) is 34.2 Å². The monoisotopic (exact) mass is 382 g/mol. The second-order valence-corrected chi connectivity index (χ2v) is 6.14. The van der Waals surface area contributed by atoms with Crippen LogP contribution >= 0.6 is 23.4 Å². The third kappa shape index (κ3) is 5.19. The van der Waals surface area contributed by atoms with Gasteiger partial charge in [-0.05, 0) is 18.6 Å². The van der Waals surface area contributed by atoms with Crippen LogP contribution in [-0.2, 0) is 16.0 Å². The van der Waals surface area contributed by atoms with Crippen LogP contribution in [0.5, 0.6) is 0 Å². The van der Waals surface area contributed by atoms with E-state index in [-0.39, 0.29) is 35.4 Å². The fourth-order valence-corrected chi connectivity index (χ4v) is 2.61. The molecule has 0 fully saturated rings. The highest BCUT2D eigenvalue weighted by atomic mass is 35.5. The summed E-state index contributed by atoms with van der Waals surface area (Å²) in [5.74, 6) is 3.87. The molecule has 0 atom stereocenters. The number of carbonyl (C=O) groups is 2. The minimum Gasteiger partial charge on any atom is -0.550 e. The Bertz CT molecular complexity index is 857. The topological polar surface area (TPSA) is 143 Å². The van der Waals surface area contributed by atoms with Gasteiger partial charge in [-0.15, -0.1) is 10.2 Å². The number of aryl methyl sites for hydroxylation is 1. The number of nitrogens with zero attached hydrogens (tertiary/aromatic N) is 3. The Morgan fingerprint density at radius 3 is 2.72 bits per heavy atom. The largest absolute Gasteiger partial charge is 0.550 e. The number of carbonyl (C=O) groups excluding carboxylic acids is 2. The van der Waals surface area contributed by atoms with Crippen molar-refractivity contribution in [2.24, 2.45) is 0 Å². The lowest BCUT2D eigenvalue weighted by atomic mass is 10.2. The molecule has 25 heavy (non-hydrogen) atoms. The van der Waals surface area contributed by atoms with Gasteiger partial charge < -0.3 is 21.1 Å². The molecule has 0 radical (unpaired) electrons. The first kappa shape index (κ1) is 18.7. The summed E-state index contributed by atoms with van der Waals surface area (Å²) in [6.45, 7) is 0. The Morgan fingerprint density at radius 1 is 1.32 bits per heavy atom. The molecule has 0 bridgehead atoms. The minimum absolute atomic E-state index is 0.0245. The van der Waals surface area contributed by atoms with E-state index < -0.39 is 11.5 Å². The molecule has 0 spiro atoms. The number of rotatable bonds is 7. The lowest BCUT2D eigenvalue weighted by Crippen LogP contribution is -2.34. The van der Waals surface area contributed by atoms with Crippen LogP contribution < -0.4 is 21.8 Å². The molecular formula is C14H13ClN5O4S-. The molecule has 0 aliphatic carbocycles. The average molecular weight is 383 g/mol. The first-order chi connectivity index (χ1) is 11.9. The van der Waals surface area contributed by atoms with Gasteiger partial charge in [0.2, 0.25) is 11.1 Å².